The molecule has 11 nitrogen and oxygen atoms in total. The zero-order valence-electron chi connectivity index (χ0n) is 17.2. The highest BCUT2D eigenvalue weighted by molar-refractivity contribution is 6.08. The van der Waals surface area contributed by atoms with E-state index in [9.17, 15) is 34.6 Å². The summed E-state index contributed by atoms with van der Waals surface area (Å²) in [5.41, 5.74) is -1.08. The van der Waals surface area contributed by atoms with Crippen molar-refractivity contribution in [2.75, 3.05) is 0 Å². The van der Waals surface area contributed by atoms with E-state index >= 15 is 0 Å². The molecule has 33 heavy (non-hydrogen) atoms. The van der Waals surface area contributed by atoms with Crippen molar-refractivity contribution in [3.63, 3.8) is 0 Å². The monoisotopic (exact) mass is 450 g/mol. The number of rotatable bonds is 6. The number of nitro groups is 2. The molecule has 4 rings (SSSR count). The summed E-state index contributed by atoms with van der Waals surface area (Å²) >= 11 is 0. The summed E-state index contributed by atoms with van der Waals surface area (Å²) in [4.78, 5) is 61.5. The number of benzene rings is 2. The fourth-order valence-electron chi connectivity index (χ4n) is 4.19. The van der Waals surface area contributed by atoms with E-state index < -0.39 is 51.6 Å². The predicted octanol–water partition coefficient (Wildman–Crippen LogP) is 3.01. The van der Waals surface area contributed by atoms with Crippen molar-refractivity contribution in [3.05, 3.63) is 92.0 Å². The van der Waals surface area contributed by atoms with Crippen LogP contribution in [0, 0.1) is 32.1 Å². The molecule has 0 unspecified atom stereocenters. The number of imide groups is 1. The quantitative estimate of drug-likeness (QED) is 0.285. The van der Waals surface area contributed by atoms with Crippen LogP contribution in [-0.2, 0) is 16.1 Å². The van der Waals surface area contributed by atoms with Gasteiger partial charge in [0.2, 0.25) is 0 Å². The van der Waals surface area contributed by atoms with Crippen molar-refractivity contribution in [3.8, 4) is 0 Å². The molecular formula is C22H18N4O7. The minimum atomic E-state index is -0.978. The van der Waals surface area contributed by atoms with Crippen molar-refractivity contribution in [2.24, 2.45) is 11.8 Å². The molecule has 1 aliphatic heterocycles. The van der Waals surface area contributed by atoms with Crippen molar-refractivity contribution in [1.29, 1.82) is 0 Å². The summed E-state index contributed by atoms with van der Waals surface area (Å²) in [5.74, 6) is -3.52. The van der Waals surface area contributed by atoms with E-state index in [2.05, 4.69) is 0 Å². The number of para-hydroxylation sites is 2. The molecule has 1 saturated heterocycles. The lowest BCUT2D eigenvalue weighted by Crippen LogP contribution is -2.50. The fourth-order valence-corrected chi connectivity index (χ4v) is 4.19. The van der Waals surface area contributed by atoms with Crippen LogP contribution >= 0.6 is 0 Å². The third-order valence-electron chi connectivity index (χ3n) is 5.80. The molecule has 0 saturated carbocycles. The van der Waals surface area contributed by atoms with Gasteiger partial charge < -0.3 is 0 Å². The lowest BCUT2D eigenvalue weighted by atomic mass is 9.85. The molecule has 1 heterocycles. The third-order valence-corrected chi connectivity index (χ3v) is 5.80. The molecule has 2 atom stereocenters. The highest BCUT2D eigenvalue weighted by atomic mass is 16.6. The van der Waals surface area contributed by atoms with Gasteiger partial charge in [0, 0.05) is 12.1 Å². The number of fused-ring (bicyclic) bond motifs is 1. The molecule has 1 fully saturated rings. The van der Waals surface area contributed by atoms with Crippen molar-refractivity contribution < 1.29 is 24.2 Å². The lowest BCUT2D eigenvalue weighted by Gasteiger charge is -2.30. The number of allylic oxidation sites excluding steroid dienone is 2. The molecule has 2 aliphatic rings. The zero-order valence-corrected chi connectivity index (χ0v) is 17.2. The second kappa shape index (κ2) is 8.61. The number of hydrogen-bond donors (Lipinski definition) is 0. The Morgan fingerprint density at radius 2 is 1.39 bits per heavy atom. The van der Waals surface area contributed by atoms with E-state index in [0.717, 1.165) is 11.1 Å². The molecule has 0 radical (unpaired) electrons. The number of carbonyl (C=O) groups is 3. The maximum atomic E-state index is 13.5. The fraction of sp³-hybridized carbons (Fsp3) is 0.227. The first kappa shape index (κ1) is 21.8. The normalized spacial score (nSPS) is 19.3. The molecule has 0 bridgehead atoms. The molecule has 168 valence electrons. The summed E-state index contributed by atoms with van der Waals surface area (Å²) < 4.78 is 0. The molecule has 3 amide bonds. The molecule has 2 aromatic rings. The van der Waals surface area contributed by atoms with Gasteiger partial charge in [-0.3, -0.25) is 34.6 Å². The first-order valence-corrected chi connectivity index (χ1v) is 10.1. The Kier molecular flexibility index (Phi) is 5.69. The molecule has 0 aromatic heterocycles. The van der Waals surface area contributed by atoms with Gasteiger partial charge in [-0.1, -0.05) is 42.5 Å². The van der Waals surface area contributed by atoms with Crippen LogP contribution in [0.4, 0.5) is 11.4 Å². The standard InChI is InChI=1S/C22H18N4O7/c27-20(17-10-4-6-12-19(17)26(32)33)23(13-14-7-1-5-11-18(14)25(30)31)24-21(28)15-8-2-3-9-16(15)22(24)29/h1-7,10-12,15-16H,8-9,13H2/t15-,16-/m1/s1. The summed E-state index contributed by atoms with van der Waals surface area (Å²) in [6.45, 7) is -0.494. The maximum Gasteiger partial charge on any atom is 0.282 e. The topological polar surface area (TPSA) is 144 Å². The minimum absolute atomic E-state index is 0.0723. The number of nitrogens with zero attached hydrogens (tertiary/aromatic N) is 4. The number of nitro benzene ring substituents is 2. The van der Waals surface area contributed by atoms with Gasteiger partial charge in [0.1, 0.15) is 5.56 Å². The number of hydrazine groups is 1. The van der Waals surface area contributed by atoms with Crippen molar-refractivity contribution in [2.45, 2.75) is 19.4 Å². The third kappa shape index (κ3) is 3.84. The first-order chi connectivity index (χ1) is 15.8. The van der Waals surface area contributed by atoms with Gasteiger partial charge in [0.25, 0.3) is 29.1 Å². The second-order valence-corrected chi connectivity index (χ2v) is 7.67. The number of hydrogen-bond acceptors (Lipinski definition) is 7. The van der Waals surface area contributed by atoms with Crippen LogP contribution in [0.2, 0.25) is 0 Å². The Morgan fingerprint density at radius 1 is 0.879 bits per heavy atom. The van der Waals surface area contributed by atoms with Crippen LogP contribution in [0.3, 0.4) is 0 Å². The summed E-state index contributed by atoms with van der Waals surface area (Å²) in [7, 11) is 0. The Labute approximate surface area is 187 Å². The molecule has 2 aromatic carbocycles. The lowest BCUT2D eigenvalue weighted by molar-refractivity contribution is -0.385. The average Bonchev–Trinajstić information content (AvgIpc) is 3.07. The Balaban J connectivity index is 1.81. The highest BCUT2D eigenvalue weighted by Crippen LogP contribution is 2.37. The SMILES string of the molecule is O=C(c1ccccc1[N+](=O)[O-])N(Cc1ccccc1[N+](=O)[O-])N1C(=O)[C@@H]2CC=CC[C@H]2C1=O. The first-order valence-electron chi connectivity index (χ1n) is 10.1. The molecule has 1 aliphatic carbocycles. The second-order valence-electron chi connectivity index (χ2n) is 7.67. The van der Waals surface area contributed by atoms with Crippen LogP contribution in [0.25, 0.3) is 0 Å². The van der Waals surface area contributed by atoms with E-state index in [1.165, 1.54) is 42.5 Å². The Bertz CT molecular complexity index is 1180. The smallest absolute Gasteiger partial charge is 0.272 e. The number of amides is 3. The van der Waals surface area contributed by atoms with Gasteiger partial charge in [-0.2, -0.15) is 5.01 Å². The van der Waals surface area contributed by atoms with Gasteiger partial charge in [-0.15, -0.1) is 0 Å². The minimum Gasteiger partial charge on any atom is -0.272 e. The van der Waals surface area contributed by atoms with Gasteiger partial charge in [0.05, 0.1) is 33.8 Å². The van der Waals surface area contributed by atoms with Crippen molar-refractivity contribution >= 4 is 29.1 Å². The largest absolute Gasteiger partial charge is 0.282 e. The van der Waals surface area contributed by atoms with Crippen molar-refractivity contribution in [1.82, 2.24) is 10.0 Å². The van der Waals surface area contributed by atoms with Gasteiger partial charge >= 0.3 is 0 Å². The van der Waals surface area contributed by atoms with Crippen LogP contribution in [0.1, 0.15) is 28.8 Å². The Hall–Kier alpha value is -4.41. The highest BCUT2D eigenvalue weighted by Gasteiger charge is 2.51. The summed E-state index contributed by atoms with van der Waals surface area (Å²) in [5, 5.41) is 24.5. The van der Waals surface area contributed by atoms with Crippen LogP contribution in [-0.4, -0.2) is 37.6 Å². The van der Waals surface area contributed by atoms with E-state index in [-0.39, 0.29) is 16.8 Å². The van der Waals surface area contributed by atoms with E-state index in [1.54, 1.807) is 12.2 Å². The predicted molar refractivity (Wildman–Crippen MR) is 113 cm³/mol. The molecule has 11 heteroatoms. The number of carbonyl (C=O) groups excluding carboxylic acids is 3. The maximum absolute atomic E-state index is 13.5. The Morgan fingerprint density at radius 3 is 1.97 bits per heavy atom. The van der Waals surface area contributed by atoms with E-state index in [1.807, 2.05) is 0 Å². The van der Waals surface area contributed by atoms with Gasteiger partial charge in [0.15, 0.2) is 0 Å². The summed E-state index contributed by atoms with van der Waals surface area (Å²) in [6, 6.07) is 10.8. The molecule has 0 spiro atoms. The molecular weight excluding hydrogens is 432 g/mol. The van der Waals surface area contributed by atoms with Gasteiger partial charge in [-0.25, -0.2) is 5.01 Å². The molecule has 0 N–H and O–H groups in total. The van der Waals surface area contributed by atoms with Crippen LogP contribution in [0.15, 0.2) is 60.7 Å². The van der Waals surface area contributed by atoms with Crippen LogP contribution in [0.5, 0.6) is 0 Å². The average molecular weight is 450 g/mol. The summed E-state index contributed by atoms with van der Waals surface area (Å²) in [6.07, 6.45) is 4.22. The zero-order chi connectivity index (χ0) is 23.7. The van der Waals surface area contributed by atoms with E-state index in [4.69, 9.17) is 0 Å². The van der Waals surface area contributed by atoms with Crippen LogP contribution < -0.4 is 0 Å². The van der Waals surface area contributed by atoms with Gasteiger partial charge in [-0.05, 0) is 18.9 Å². The van der Waals surface area contributed by atoms with E-state index in [0.29, 0.717) is 17.9 Å².